The number of fused-ring (bicyclic) bond motifs is 1. The first-order chi connectivity index (χ1) is 9.72. The zero-order valence-electron chi connectivity index (χ0n) is 11.5. The number of hydrogen-bond donors (Lipinski definition) is 0. The van der Waals surface area contributed by atoms with E-state index >= 15 is 0 Å². The van der Waals surface area contributed by atoms with Crippen molar-refractivity contribution in [2.75, 3.05) is 6.54 Å². The van der Waals surface area contributed by atoms with E-state index in [0.717, 1.165) is 36.2 Å². The first kappa shape index (κ1) is 12.7. The minimum absolute atomic E-state index is 0.0493. The third-order valence-electron chi connectivity index (χ3n) is 3.89. The average molecular weight is 267 g/mol. The highest BCUT2D eigenvalue weighted by atomic mass is 16.2. The maximum Gasteiger partial charge on any atom is 0.220 e. The van der Waals surface area contributed by atoms with Crippen LogP contribution in [-0.2, 0) is 11.3 Å². The summed E-state index contributed by atoms with van der Waals surface area (Å²) in [5.74, 6) is 3.71. The second-order valence-electron chi connectivity index (χ2n) is 5.12. The number of likely N-dealkylation sites (tertiary alicyclic amines) is 1. The van der Waals surface area contributed by atoms with Gasteiger partial charge in [0.15, 0.2) is 0 Å². The highest BCUT2D eigenvalue weighted by Gasteiger charge is 2.31. The molecule has 0 unspecified atom stereocenters. The Labute approximate surface area is 118 Å². The molecule has 1 aliphatic heterocycles. The standard InChI is InChI=1S/C16H17N3O/c1-3-10-19-14-8-5-4-7-13(14)17-16(19)15-9-6-11-18(15)12(2)20/h1,4-5,7-8,15H,6,9-11H2,2H3/t15-/m1/s1. The molecule has 102 valence electrons. The fraction of sp³-hybridized carbons (Fsp3) is 0.375. The van der Waals surface area contributed by atoms with Gasteiger partial charge in [0.25, 0.3) is 0 Å². The van der Waals surface area contributed by atoms with Crippen molar-refractivity contribution in [2.24, 2.45) is 0 Å². The molecule has 1 amide bonds. The molecule has 20 heavy (non-hydrogen) atoms. The van der Waals surface area contributed by atoms with Crippen molar-refractivity contribution in [1.29, 1.82) is 0 Å². The zero-order valence-corrected chi connectivity index (χ0v) is 11.5. The molecule has 1 aromatic carbocycles. The molecule has 1 fully saturated rings. The lowest BCUT2D eigenvalue weighted by Crippen LogP contribution is -2.29. The molecule has 3 rings (SSSR count). The molecule has 1 aliphatic rings. The van der Waals surface area contributed by atoms with Crippen LogP contribution in [0.5, 0.6) is 0 Å². The number of carbonyl (C=O) groups is 1. The summed E-state index contributed by atoms with van der Waals surface area (Å²) >= 11 is 0. The van der Waals surface area contributed by atoms with E-state index in [4.69, 9.17) is 11.4 Å². The monoisotopic (exact) mass is 267 g/mol. The van der Waals surface area contributed by atoms with Gasteiger partial charge in [0, 0.05) is 13.5 Å². The molecule has 0 radical (unpaired) electrons. The van der Waals surface area contributed by atoms with Crippen LogP contribution in [0, 0.1) is 12.3 Å². The maximum atomic E-state index is 11.8. The minimum Gasteiger partial charge on any atom is -0.333 e. The number of nitrogens with zero attached hydrogens (tertiary/aromatic N) is 3. The largest absolute Gasteiger partial charge is 0.333 e. The van der Waals surface area contributed by atoms with E-state index in [9.17, 15) is 4.79 Å². The van der Waals surface area contributed by atoms with E-state index in [1.807, 2.05) is 29.2 Å². The van der Waals surface area contributed by atoms with Crippen molar-refractivity contribution in [3.63, 3.8) is 0 Å². The number of aromatic nitrogens is 2. The van der Waals surface area contributed by atoms with E-state index in [1.165, 1.54) is 0 Å². The van der Waals surface area contributed by atoms with Crippen molar-refractivity contribution in [3.05, 3.63) is 30.1 Å². The molecule has 1 saturated heterocycles. The van der Waals surface area contributed by atoms with Gasteiger partial charge in [-0.3, -0.25) is 4.79 Å². The number of terminal acetylenes is 1. The van der Waals surface area contributed by atoms with Gasteiger partial charge in [0.05, 0.1) is 23.6 Å². The molecule has 4 heteroatoms. The average Bonchev–Trinajstić information content (AvgIpc) is 3.04. The van der Waals surface area contributed by atoms with E-state index in [1.54, 1.807) is 6.92 Å². The van der Waals surface area contributed by atoms with Crippen molar-refractivity contribution in [2.45, 2.75) is 32.4 Å². The third-order valence-corrected chi connectivity index (χ3v) is 3.89. The maximum absolute atomic E-state index is 11.8. The van der Waals surface area contributed by atoms with Gasteiger partial charge < -0.3 is 9.47 Å². The summed E-state index contributed by atoms with van der Waals surface area (Å²) in [6, 6.07) is 8.01. The van der Waals surface area contributed by atoms with Gasteiger partial charge in [0.1, 0.15) is 5.82 Å². The number of imidazole rings is 1. The lowest BCUT2D eigenvalue weighted by molar-refractivity contribution is -0.129. The number of para-hydroxylation sites is 2. The summed E-state index contributed by atoms with van der Waals surface area (Å²) in [5.41, 5.74) is 1.98. The predicted molar refractivity (Wildman–Crippen MR) is 77.9 cm³/mol. The Morgan fingerprint density at radius 3 is 3.05 bits per heavy atom. The zero-order chi connectivity index (χ0) is 14.1. The highest BCUT2D eigenvalue weighted by molar-refractivity contribution is 5.77. The van der Waals surface area contributed by atoms with Crippen LogP contribution in [-0.4, -0.2) is 26.9 Å². The van der Waals surface area contributed by atoms with Crippen LogP contribution in [0.1, 0.15) is 31.6 Å². The van der Waals surface area contributed by atoms with Gasteiger partial charge >= 0.3 is 0 Å². The lowest BCUT2D eigenvalue weighted by atomic mass is 10.2. The first-order valence-corrected chi connectivity index (χ1v) is 6.88. The molecule has 0 aliphatic carbocycles. The highest BCUT2D eigenvalue weighted by Crippen LogP contribution is 2.33. The second kappa shape index (κ2) is 5.01. The molecule has 1 atom stereocenters. The molecule has 0 N–H and O–H groups in total. The van der Waals surface area contributed by atoms with Crippen molar-refractivity contribution in [1.82, 2.24) is 14.5 Å². The number of rotatable bonds is 2. The smallest absolute Gasteiger partial charge is 0.220 e. The minimum atomic E-state index is 0.0493. The van der Waals surface area contributed by atoms with Gasteiger partial charge in [-0.1, -0.05) is 18.1 Å². The van der Waals surface area contributed by atoms with Crippen LogP contribution in [0.25, 0.3) is 11.0 Å². The Hall–Kier alpha value is -2.28. The first-order valence-electron chi connectivity index (χ1n) is 6.88. The summed E-state index contributed by atoms with van der Waals surface area (Å²) in [4.78, 5) is 18.4. The number of amides is 1. The summed E-state index contributed by atoms with van der Waals surface area (Å²) in [6.07, 6.45) is 7.46. The second-order valence-corrected chi connectivity index (χ2v) is 5.12. The Bertz CT molecular complexity index is 695. The quantitative estimate of drug-likeness (QED) is 0.783. The molecule has 2 heterocycles. The van der Waals surface area contributed by atoms with E-state index in [0.29, 0.717) is 6.54 Å². The van der Waals surface area contributed by atoms with Gasteiger partial charge in [-0.05, 0) is 25.0 Å². The molecule has 2 aromatic rings. The lowest BCUT2D eigenvalue weighted by Gasteiger charge is -2.23. The Morgan fingerprint density at radius 1 is 1.50 bits per heavy atom. The van der Waals surface area contributed by atoms with Crippen LogP contribution in [0.2, 0.25) is 0 Å². The van der Waals surface area contributed by atoms with E-state index in [-0.39, 0.29) is 11.9 Å². The fourth-order valence-corrected chi connectivity index (χ4v) is 3.02. The molecular weight excluding hydrogens is 250 g/mol. The van der Waals surface area contributed by atoms with Crippen LogP contribution in [0.4, 0.5) is 0 Å². The number of benzene rings is 1. The molecule has 0 saturated carbocycles. The molecular formula is C16H17N3O. The normalized spacial score (nSPS) is 18.4. The van der Waals surface area contributed by atoms with Crippen molar-refractivity contribution >= 4 is 16.9 Å². The number of carbonyl (C=O) groups excluding carboxylic acids is 1. The van der Waals surface area contributed by atoms with Crippen molar-refractivity contribution < 1.29 is 4.79 Å². The van der Waals surface area contributed by atoms with Gasteiger partial charge in [-0.2, -0.15) is 0 Å². The van der Waals surface area contributed by atoms with Crippen LogP contribution in [0.15, 0.2) is 24.3 Å². The molecule has 4 nitrogen and oxygen atoms in total. The Balaban J connectivity index is 2.13. The molecule has 1 aromatic heterocycles. The number of hydrogen-bond acceptors (Lipinski definition) is 2. The summed E-state index contributed by atoms with van der Waals surface area (Å²) in [7, 11) is 0. The SMILES string of the molecule is C#CCn1c([C@H]2CCCN2C(C)=O)nc2ccccc21. The van der Waals surface area contributed by atoms with Gasteiger partial charge in [0.2, 0.25) is 5.91 Å². The Kier molecular flexibility index (Phi) is 3.19. The van der Waals surface area contributed by atoms with Gasteiger partial charge in [-0.25, -0.2) is 4.98 Å². The summed E-state index contributed by atoms with van der Waals surface area (Å²) in [5, 5.41) is 0. The Morgan fingerprint density at radius 2 is 2.30 bits per heavy atom. The van der Waals surface area contributed by atoms with Crippen LogP contribution < -0.4 is 0 Å². The predicted octanol–water partition coefficient (Wildman–Crippen LogP) is 2.35. The van der Waals surface area contributed by atoms with Gasteiger partial charge in [-0.15, -0.1) is 6.42 Å². The fourth-order valence-electron chi connectivity index (χ4n) is 3.02. The van der Waals surface area contributed by atoms with Crippen LogP contribution >= 0.6 is 0 Å². The third kappa shape index (κ3) is 1.96. The topological polar surface area (TPSA) is 38.1 Å². The van der Waals surface area contributed by atoms with Crippen LogP contribution in [0.3, 0.4) is 0 Å². The van der Waals surface area contributed by atoms with E-state index < -0.39 is 0 Å². The summed E-state index contributed by atoms with van der Waals surface area (Å²) in [6.45, 7) is 2.91. The van der Waals surface area contributed by atoms with Crippen molar-refractivity contribution in [3.8, 4) is 12.3 Å². The molecule has 0 spiro atoms. The summed E-state index contributed by atoms with van der Waals surface area (Å²) < 4.78 is 2.06. The molecule has 0 bridgehead atoms. The van der Waals surface area contributed by atoms with E-state index in [2.05, 4.69) is 10.5 Å².